The molecule has 1 aliphatic rings. The Morgan fingerprint density at radius 2 is 1.81 bits per heavy atom. The lowest BCUT2D eigenvalue weighted by atomic mass is 10.0. The summed E-state index contributed by atoms with van der Waals surface area (Å²) in [6.07, 6.45) is 3.12. The maximum atomic E-state index is 11.6. The predicted octanol–water partition coefficient (Wildman–Crippen LogP) is 3.87. The van der Waals surface area contributed by atoms with Crippen molar-refractivity contribution in [3.63, 3.8) is 0 Å². The van der Waals surface area contributed by atoms with Gasteiger partial charge < -0.3 is 15.0 Å². The Hall–Kier alpha value is -3.08. The molecule has 2 aromatic carbocycles. The number of piperidine rings is 1. The van der Waals surface area contributed by atoms with Crippen molar-refractivity contribution in [3.05, 3.63) is 61.2 Å². The van der Waals surface area contributed by atoms with Gasteiger partial charge in [-0.1, -0.05) is 30.8 Å². The molecule has 140 valence electrons. The van der Waals surface area contributed by atoms with E-state index >= 15 is 0 Å². The minimum Gasteiger partial charge on any atom is -0.490 e. The van der Waals surface area contributed by atoms with Crippen LogP contribution in [0.3, 0.4) is 0 Å². The fourth-order valence-electron chi connectivity index (χ4n) is 3.22. The molecule has 5 nitrogen and oxygen atoms in total. The van der Waals surface area contributed by atoms with Gasteiger partial charge in [-0.2, -0.15) is 0 Å². The Morgan fingerprint density at radius 1 is 1.11 bits per heavy atom. The molecule has 1 saturated heterocycles. The lowest BCUT2D eigenvalue weighted by Crippen LogP contribution is -2.41. The number of ether oxygens (including phenoxy) is 1. The highest BCUT2D eigenvalue weighted by atomic mass is 16.5. The zero-order valence-electron chi connectivity index (χ0n) is 15.5. The molecule has 0 aliphatic carbocycles. The molecule has 0 saturated carbocycles. The van der Waals surface area contributed by atoms with Crippen LogP contribution in [0.15, 0.2) is 61.2 Å². The van der Waals surface area contributed by atoms with Crippen LogP contribution in [0.1, 0.15) is 19.8 Å². The molecule has 0 spiro atoms. The number of carbonyl (C=O) groups excluding carboxylic acids is 2. The van der Waals surface area contributed by atoms with E-state index in [1.807, 2.05) is 48.5 Å². The average molecular weight is 364 g/mol. The van der Waals surface area contributed by atoms with Crippen LogP contribution in [0.5, 0.6) is 5.75 Å². The first-order chi connectivity index (χ1) is 13.0. The van der Waals surface area contributed by atoms with Gasteiger partial charge in [-0.15, -0.1) is 0 Å². The third kappa shape index (κ3) is 4.97. The van der Waals surface area contributed by atoms with Gasteiger partial charge in [-0.05, 0) is 41.5 Å². The minimum atomic E-state index is -0.0864. The first kappa shape index (κ1) is 18.7. The number of nitrogens with one attached hydrogen (secondary N) is 1. The molecular weight excluding hydrogens is 340 g/mol. The summed E-state index contributed by atoms with van der Waals surface area (Å²) in [5, 5.41) is 2.80. The van der Waals surface area contributed by atoms with Crippen LogP contribution in [0, 0.1) is 0 Å². The largest absolute Gasteiger partial charge is 0.490 e. The molecule has 0 atom stereocenters. The van der Waals surface area contributed by atoms with Crippen LogP contribution in [-0.4, -0.2) is 35.9 Å². The van der Waals surface area contributed by atoms with E-state index in [1.165, 1.54) is 13.0 Å². The van der Waals surface area contributed by atoms with Crippen LogP contribution in [0.25, 0.3) is 11.1 Å². The zero-order chi connectivity index (χ0) is 19.2. The summed E-state index contributed by atoms with van der Waals surface area (Å²) in [4.78, 5) is 24.6. The molecule has 5 heteroatoms. The van der Waals surface area contributed by atoms with Gasteiger partial charge in [0.15, 0.2) is 0 Å². The summed E-state index contributed by atoms with van der Waals surface area (Å²) in [6.45, 7) is 6.42. The SMILES string of the molecule is C=CC(=O)N1CCC(Oc2ccc(-c3cccc(NC(C)=O)c3)cc2)CC1. The van der Waals surface area contributed by atoms with Crippen molar-refractivity contribution in [1.29, 1.82) is 0 Å². The first-order valence-corrected chi connectivity index (χ1v) is 9.11. The summed E-state index contributed by atoms with van der Waals surface area (Å²) in [7, 11) is 0. The molecule has 2 aromatic rings. The molecule has 2 amide bonds. The van der Waals surface area contributed by atoms with Crippen molar-refractivity contribution in [1.82, 2.24) is 4.90 Å². The monoisotopic (exact) mass is 364 g/mol. The van der Waals surface area contributed by atoms with E-state index in [2.05, 4.69) is 11.9 Å². The first-order valence-electron chi connectivity index (χ1n) is 9.11. The van der Waals surface area contributed by atoms with Gasteiger partial charge in [0, 0.05) is 38.5 Å². The number of hydrogen-bond donors (Lipinski definition) is 1. The lowest BCUT2D eigenvalue weighted by molar-refractivity contribution is -0.127. The Morgan fingerprint density at radius 3 is 2.44 bits per heavy atom. The molecule has 0 bridgehead atoms. The third-order valence-electron chi connectivity index (χ3n) is 4.60. The molecule has 1 fully saturated rings. The second kappa shape index (κ2) is 8.54. The number of benzene rings is 2. The van der Waals surface area contributed by atoms with Crippen molar-refractivity contribution in [2.45, 2.75) is 25.9 Å². The summed E-state index contributed by atoms with van der Waals surface area (Å²) in [5.74, 6) is 0.723. The fourth-order valence-corrected chi connectivity index (χ4v) is 3.22. The summed E-state index contributed by atoms with van der Waals surface area (Å²) < 4.78 is 6.06. The van der Waals surface area contributed by atoms with Gasteiger partial charge >= 0.3 is 0 Å². The van der Waals surface area contributed by atoms with Gasteiger partial charge in [0.1, 0.15) is 11.9 Å². The normalized spacial score (nSPS) is 14.5. The lowest BCUT2D eigenvalue weighted by Gasteiger charge is -2.31. The molecule has 1 N–H and O–H groups in total. The number of hydrogen-bond acceptors (Lipinski definition) is 3. The summed E-state index contributed by atoms with van der Waals surface area (Å²) in [6, 6.07) is 15.7. The maximum absolute atomic E-state index is 11.6. The fraction of sp³-hybridized carbons (Fsp3) is 0.273. The number of likely N-dealkylation sites (tertiary alicyclic amines) is 1. The number of anilines is 1. The van der Waals surface area contributed by atoms with Gasteiger partial charge in [0.2, 0.25) is 11.8 Å². The maximum Gasteiger partial charge on any atom is 0.245 e. The standard InChI is InChI=1S/C22H24N2O3/c1-3-22(26)24-13-11-21(12-14-24)27-20-9-7-17(8-10-20)18-5-4-6-19(15-18)23-16(2)25/h3-10,15,21H,1,11-14H2,2H3,(H,23,25). The van der Waals surface area contributed by atoms with Crippen molar-refractivity contribution < 1.29 is 14.3 Å². The molecular formula is C22H24N2O3. The third-order valence-corrected chi connectivity index (χ3v) is 4.60. The Kier molecular flexibility index (Phi) is 5.91. The van der Waals surface area contributed by atoms with E-state index in [1.54, 1.807) is 4.90 Å². The zero-order valence-corrected chi connectivity index (χ0v) is 15.5. The molecule has 27 heavy (non-hydrogen) atoms. The Bertz CT molecular complexity index is 822. The summed E-state index contributed by atoms with van der Waals surface area (Å²) >= 11 is 0. The number of nitrogens with zero attached hydrogens (tertiary/aromatic N) is 1. The van der Waals surface area contributed by atoms with Gasteiger partial charge in [0.25, 0.3) is 0 Å². The Labute approximate surface area is 159 Å². The highest BCUT2D eigenvalue weighted by Gasteiger charge is 2.22. The second-order valence-corrected chi connectivity index (χ2v) is 6.63. The second-order valence-electron chi connectivity index (χ2n) is 6.63. The van der Waals surface area contributed by atoms with E-state index in [0.717, 1.165) is 35.4 Å². The van der Waals surface area contributed by atoms with Crippen molar-refractivity contribution in [2.24, 2.45) is 0 Å². The van der Waals surface area contributed by atoms with Crippen LogP contribution >= 0.6 is 0 Å². The number of carbonyl (C=O) groups is 2. The van der Waals surface area contributed by atoms with Gasteiger partial charge in [-0.25, -0.2) is 0 Å². The molecule has 3 rings (SSSR count). The molecule has 0 aromatic heterocycles. The molecule has 1 aliphatic heterocycles. The van der Waals surface area contributed by atoms with Crippen molar-refractivity contribution in [2.75, 3.05) is 18.4 Å². The quantitative estimate of drug-likeness (QED) is 0.820. The van der Waals surface area contributed by atoms with Crippen LogP contribution < -0.4 is 10.1 Å². The van der Waals surface area contributed by atoms with E-state index in [4.69, 9.17) is 4.74 Å². The van der Waals surface area contributed by atoms with Crippen molar-refractivity contribution in [3.8, 4) is 16.9 Å². The van der Waals surface area contributed by atoms with E-state index < -0.39 is 0 Å². The van der Waals surface area contributed by atoms with Crippen LogP contribution in [-0.2, 0) is 9.59 Å². The molecule has 0 unspecified atom stereocenters. The van der Waals surface area contributed by atoms with Crippen molar-refractivity contribution >= 4 is 17.5 Å². The van der Waals surface area contributed by atoms with Crippen LogP contribution in [0.4, 0.5) is 5.69 Å². The van der Waals surface area contributed by atoms with Gasteiger partial charge in [-0.3, -0.25) is 9.59 Å². The molecule has 1 heterocycles. The highest BCUT2D eigenvalue weighted by molar-refractivity contribution is 5.89. The smallest absolute Gasteiger partial charge is 0.245 e. The number of rotatable bonds is 5. The Balaban J connectivity index is 1.60. The van der Waals surface area contributed by atoms with Gasteiger partial charge in [0.05, 0.1) is 0 Å². The van der Waals surface area contributed by atoms with E-state index in [0.29, 0.717) is 13.1 Å². The van der Waals surface area contributed by atoms with E-state index in [-0.39, 0.29) is 17.9 Å². The summed E-state index contributed by atoms with van der Waals surface area (Å²) in [5.41, 5.74) is 2.87. The van der Waals surface area contributed by atoms with Crippen LogP contribution in [0.2, 0.25) is 0 Å². The topological polar surface area (TPSA) is 58.6 Å². The predicted molar refractivity (Wildman–Crippen MR) is 107 cm³/mol. The average Bonchev–Trinajstić information content (AvgIpc) is 2.68. The minimum absolute atomic E-state index is 0.0145. The highest BCUT2D eigenvalue weighted by Crippen LogP contribution is 2.26. The number of amides is 2. The molecule has 0 radical (unpaired) electrons. The van der Waals surface area contributed by atoms with E-state index in [9.17, 15) is 9.59 Å².